The highest BCUT2D eigenvalue weighted by molar-refractivity contribution is 7.14. The number of anilines is 2. The van der Waals surface area contributed by atoms with Crippen molar-refractivity contribution < 1.29 is 13.6 Å². The number of hydrogen-bond acceptors (Lipinski definition) is 4. The maximum absolute atomic E-state index is 13.5. The van der Waals surface area contributed by atoms with E-state index in [1.807, 2.05) is 6.07 Å². The summed E-state index contributed by atoms with van der Waals surface area (Å²) >= 11 is 1.17. The third-order valence-corrected chi connectivity index (χ3v) is 3.99. The lowest BCUT2D eigenvalue weighted by molar-refractivity contribution is 0.262. The van der Waals surface area contributed by atoms with E-state index in [0.717, 1.165) is 17.7 Å². The summed E-state index contributed by atoms with van der Waals surface area (Å²) in [6.45, 7) is 0. The molecule has 0 unspecified atom stereocenters. The molecule has 2 aromatic carbocycles. The van der Waals surface area contributed by atoms with Crippen LogP contribution in [0.3, 0.4) is 0 Å². The number of para-hydroxylation sites is 1. The van der Waals surface area contributed by atoms with Gasteiger partial charge in [-0.3, -0.25) is 5.32 Å². The Morgan fingerprint density at radius 3 is 2.40 bits per heavy atom. The van der Waals surface area contributed by atoms with Crippen LogP contribution in [-0.4, -0.2) is 11.0 Å². The number of carbonyl (C=O) groups excluding carboxylic acids is 1. The average molecular weight is 356 g/mol. The SMILES string of the molecule is N#Cc1ccc(-c2csc(NC(=O)Nc3c(F)cccc3F)n2)cc1. The average Bonchev–Trinajstić information content (AvgIpc) is 3.07. The topological polar surface area (TPSA) is 77.8 Å². The summed E-state index contributed by atoms with van der Waals surface area (Å²) in [7, 11) is 0. The maximum atomic E-state index is 13.5. The van der Waals surface area contributed by atoms with E-state index in [1.165, 1.54) is 17.4 Å². The fraction of sp³-hybridized carbons (Fsp3) is 0. The summed E-state index contributed by atoms with van der Waals surface area (Å²) < 4.78 is 27.0. The van der Waals surface area contributed by atoms with Crippen LogP contribution >= 0.6 is 11.3 Å². The molecular formula is C17H10F2N4OS. The molecule has 25 heavy (non-hydrogen) atoms. The van der Waals surface area contributed by atoms with Crippen molar-refractivity contribution in [2.45, 2.75) is 0 Å². The van der Waals surface area contributed by atoms with Gasteiger partial charge in [0.05, 0.1) is 17.3 Å². The predicted molar refractivity (Wildman–Crippen MR) is 91.3 cm³/mol. The molecule has 1 heterocycles. The van der Waals surface area contributed by atoms with Crippen molar-refractivity contribution in [2.24, 2.45) is 0 Å². The molecule has 3 aromatic rings. The summed E-state index contributed by atoms with van der Waals surface area (Å²) in [5.41, 5.74) is 1.40. The molecule has 0 spiro atoms. The van der Waals surface area contributed by atoms with Crippen molar-refractivity contribution in [2.75, 3.05) is 10.6 Å². The van der Waals surface area contributed by atoms with Crippen molar-refractivity contribution in [3.8, 4) is 17.3 Å². The van der Waals surface area contributed by atoms with Gasteiger partial charge in [0.2, 0.25) is 0 Å². The molecule has 0 aliphatic carbocycles. The van der Waals surface area contributed by atoms with E-state index >= 15 is 0 Å². The minimum Gasteiger partial charge on any atom is -0.302 e. The predicted octanol–water partition coefficient (Wildman–Crippen LogP) is 4.60. The molecule has 2 amide bonds. The first-order valence-electron chi connectivity index (χ1n) is 7.05. The number of nitrogens with zero attached hydrogens (tertiary/aromatic N) is 2. The Hall–Kier alpha value is -3.31. The number of hydrogen-bond donors (Lipinski definition) is 2. The fourth-order valence-corrected chi connectivity index (χ4v) is 2.75. The smallest absolute Gasteiger partial charge is 0.302 e. The highest BCUT2D eigenvalue weighted by atomic mass is 32.1. The largest absolute Gasteiger partial charge is 0.325 e. The van der Waals surface area contributed by atoms with Crippen molar-refractivity contribution in [3.05, 3.63) is 65.0 Å². The molecule has 0 bridgehead atoms. The number of benzene rings is 2. The van der Waals surface area contributed by atoms with Crippen LogP contribution in [0.5, 0.6) is 0 Å². The van der Waals surface area contributed by atoms with Gasteiger partial charge in [0.15, 0.2) is 5.13 Å². The number of thiazole rings is 1. The van der Waals surface area contributed by atoms with Crippen molar-refractivity contribution >= 4 is 28.2 Å². The van der Waals surface area contributed by atoms with Gasteiger partial charge in [0.1, 0.15) is 17.3 Å². The van der Waals surface area contributed by atoms with Gasteiger partial charge in [0.25, 0.3) is 0 Å². The molecule has 3 rings (SSSR count). The van der Waals surface area contributed by atoms with Crippen molar-refractivity contribution in [1.29, 1.82) is 5.26 Å². The van der Waals surface area contributed by atoms with Gasteiger partial charge in [-0.05, 0) is 24.3 Å². The van der Waals surface area contributed by atoms with E-state index in [-0.39, 0.29) is 5.13 Å². The van der Waals surface area contributed by atoms with Crippen molar-refractivity contribution in [3.63, 3.8) is 0 Å². The summed E-state index contributed by atoms with van der Waals surface area (Å²) in [5, 5.41) is 15.3. The second kappa shape index (κ2) is 7.07. The van der Waals surface area contributed by atoms with Crippen molar-refractivity contribution in [1.82, 2.24) is 4.98 Å². The number of amides is 2. The number of nitrogens with one attached hydrogen (secondary N) is 2. The maximum Gasteiger partial charge on any atom is 0.325 e. The summed E-state index contributed by atoms with van der Waals surface area (Å²) in [6.07, 6.45) is 0. The molecule has 124 valence electrons. The lowest BCUT2D eigenvalue weighted by Gasteiger charge is -2.07. The Bertz CT molecular complexity index is 943. The molecule has 0 fully saturated rings. The second-order valence-electron chi connectivity index (χ2n) is 4.90. The van der Waals surface area contributed by atoms with E-state index in [4.69, 9.17) is 5.26 Å². The van der Waals surface area contributed by atoms with E-state index in [0.29, 0.717) is 11.3 Å². The highest BCUT2D eigenvalue weighted by Gasteiger charge is 2.13. The first kappa shape index (κ1) is 16.5. The molecule has 0 saturated heterocycles. The summed E-state index contributed by atoms with van der Waals surface area (Å²) in [6, 6.07) is 11.3. The normalized spacial score (nSPS) is 10.1. The lowest BCUT2D eigenvalue weighted by atomic mass is 10.1. The van der Waals surface area contributed by atoms with Crippen LogP contribution in [0.1, 0.15) is 5.56 Å². The van der Waals surface area contributed by atoms with Crippen LogP contribution in [0.2, 0.25) is 0 Å². The molecule has 5 nitrogen and oxygen atoms in total. The van der Waals surface area contributed by atoms with E-state index in [2.05, 4.69) is 15.6 Å². The molecule has 0 aliphatic heterocycles. The van der Waals surface area contributed by atoms with Gasteiger partial charge in [-0.25, -0.2) is 18.6 Å². The minimum atomic E-state index is -0.868. The zero-order valence-electron chi connectivity index (χ0n) is 12.6. The molecular weight excluding hydrogens is 346 g/mol. The third kappa shape index (κ3) is 3.79. The molecule has 0 radical (unpaired) electrons. The number of aromatic nitrogens is 1. The van der Waals surface area contributed by atoms with Gasteiger partial charge in [-0.15, -0.1) is 11.3 Å². The van der Waals surface area contributed by atoms with E-state index < -0.39 is 23.4 Å². The molecule has 0 atom stereocenters. The zero-order chi connectivity index (χ0) is 17.8. The Morgan fingerprint density at radius 2 is 1.76 bits per heavy atom. The molecule has 0 aliphatic rings. The summed E-state index contributed by atoms with van der Waals surface area (Å²) in [4.78, 5) is 16.1. The Kier molecular flexibility index (Phi) is 4.68. The standard InChI is InChI=1S/C17H10F2N4OS/c18-12-2-1-3-13(19)15(12)22-16(24)23-17-21-14(9-25-17)11-6-4-10(8-20)5-7-11/h1-7,9H,(H2,21,22,23,24). The van der Waals surface area contributed by atoms with Gasteiger partial charge in [-0.1, -0.05) is 18.2 Å². The second-order valence-corrected chi connectivity index (χ2v) is 5.76. The summed E-state index contributed by atoms with van der Waals surface area (Å²) in [5.74, 6) is -1.74. The van der Waals surface area contributed by atoms with E-state index in [1.54, 1.807) is 29.6 Å². The number of urea groups is 1. The van der Waals surface area contributed by atoms with Crippen LogP contribution in [0.15, 0.2) is 47.8 Å². The van der Waals surface area contributed by atoms with E-state index in [9.17, 15) is 13.6 Å². The molecule has 2 N–H and O–H groups in total. The molecule has 0 saturated carbocycles. The Balaban J connectivity index is 1.70. The van der Waals surface area contributed by atoms with Gasteiger partial charge >= 0.3 is 6.03 Å². The van der Waals surface area contributed by atoms with Crippen LogP contribution < -0.4 is 10.6 Å². The first-order chi connectivity index (χ1) is 12.1. The van der Waals surface area contributed by atoms with Crippen LogP contribution in [-0.2, 0) is 0 Å². The zero-order valence-corrected chi connectivity index (χ0v) is 13.4. The van der Waals surface area contributed by atoms with Crippen LogP contribution in [0, 0.1) is 23.0 Å². The Labute approximate surface area is 145 Å². The Morgan fingerprint density at radius 1 is 1.08 bits per heavy atom. The minimum absolute atomic E-state index is 0.272. The number of nitriles is 1. The monoisotopic (exact) mass is 356 g/mol. The first-order valence-corrected chi connectivity index (χ1v) is 7.93. The number of rotatable bonds is 3. The molecule has 1 aromatic heterocycles. The number of carbonyl (C=O) groups is 1. The van der Waals surface area contributed by atoms with Crippen LogP contribution in [0.25, 0.3) is 11.3 Å². The lowest BCUT2D eigenvalue weighted by Crippen LogP contribution is -2.20. The highest BCUT2D eigenvalue weighted by Crippen LogP contribution is 2.25. The third-order valence-electron chi connectivity index (χ3n) is 3.24. The van der Waals surface area contributed by atoms with Gasteiger partial charge < -0.3 is 5.32 Å². The number of halogens is 2. The van der Waals surface area contributed by atoms with Gasteiger partial charge in [0, 0.05) is 10.9 Å². The van der Waals surface area contributed by atoms with Gasteiger partial charge in [-0.2, -0.15) is 5.26 Å². The molecule has 8 heteroatoms. The quantitative estimate of drug-likeness (QED) is 0.720. The van der Waals surface area contributed by atoms with Crippen LogP contribution in [0.4, 0.5) is 24.4 Å². The fourth-order valence-electron chi connectivity index (χ4n) is 2.04.